The zero-order valence-corrected chi connectivity index (χ0v) is 14.7. The van der Waals surface area contributed by atoms with Crippen LogP contribution in [0.1, 0.15) is 64.2 Å². The van der Waals surface area contributed by atoms with Crippen molar-refractivity contribution in [2.75, 3.05) is 18.0 Å². The fraction of sp³-hybridized carbons (Fsp3) is 0.824. The molecule has 3 nitrogen and oxygen atoms in total. The summed E-state index contributed by atoms with van der Waals surface area (Å²) >= 11 is 1.88. The van der Waals surface area contributed by atoms with Crippen molar-refractivity contribution < 1.29 is 0 Å². The molecule has 0 aliphatic heterocycles. The average molecular weight is 310 g/mol. The molecule has 0 atom stereocenters. The average Bonchev–Trinajstić information content (AvgIpc) is 3.11. The highest BCUT2D eigenvalue weighted by Gasteiger charge is 2.24. The Balaban J connectivity index is 1.98. The quantitative estimate of drug-likeness (QED) is 0.684. The zero-order valence-electron chi connectivity index (χ0n) is 13.9. The van der Waals surface area contributed by atoms with Gasteiger partial charge in [0.15, 0.2) is 5.13 Å². The van der Waals surface area contributed by atoms with Crippen molar-refractivity contribution in [2.24, 2.45) is 5.92 Å². The van der Waals surface area contributed by atoms with Gasteiger partial charge in [-0.3, -0.25) is 0 Å². The van der Waals surface area contributed by atoms with E-state index in [-0.39, 0.29) is 0 Å². The van der Waals surface area contributed by atoms with Crippen LogP contribution < -0.4 is 10.2 Å². The van der Waals surface area contributed by atoms with E-state index in [1.165, 1.54) is 48.5 Å². The Kier molecular flexibility index (Phi) is 6.97. The van der Waals surface area contributed by atoms with Crippen molar-refractivity contribution >= 4 is 16.5 Å². The van der Waals surface area contributed by atoms with E-state index in [9.17, 15) is 0 Å². The zero-order chi connectivity index (χ0) is 15.1. The predicted octanol–water partition coefficient (Wildman–Crippen LogP) is 4.44. The normalized spacial score (nSPS) is 16.0. The fourth-order valence-electron chi connectivity index (χ4n) is 2.95. The van der Waals surface area contributed by atoms with E-state index in [4.69, 9.17) is 4.98 Å². The van der Waals surface area contributed by atoms with Crippen molar-refractivity contribution in [3.8, 4) is 0 Å². The second kappa shape index (κ2) is 8.74. The van der Waals surface area contributed by atoms with Crippen LogP contribution in [0.2, 0.25) is 0 Å². The van der Waals surface area contributed by atoms with Crippen molar-refractivity contribution in [3.63, 3.8) is 0 Å². The fourth-order valence-corrected chi connectivity index (χ4v) is 3.92. The Morgan fingerprint density at radius 3 is 2.81 bits per heavy atom. The first-order valence-electron chi connectivity index (χ1n) is 8.62. The van der Waals surface area contributed by atoms with Gasteiger partial charge in [-0.15, -0.1) is 11.3 Å². The third-order valence-electron chi connectivity index (χ3n) is 4.23. The van der Waals surface area contributed by atoms with E-state index >= 15 is 0 Å². The number of nitrogens with zero attached hydrogens (tertiary/aromatic N) is 2. The summed E-state index contributed by atoms with van der Waals surface area (Å²) in [6, 6.07) is 0.728. The first kappa shape index (κ1) is 16.8. The third kappa shape index (κ3) is 5.26. The van der Waals surface area contributed by atoms with Crippen LogP contribution in [-0.4, -0.2) is 24.1 Å². The SMILES string of the molecule is CCCNCc1cnc(N(CCC(C)C)C2CCCC2)s1. The lowest BCUT2D eigenvalue weighted by Gasteiger charge is -2.29. The summed E-state index contributed by atoms with van der Waals surface area (Å²) in [6.45, 7) is 10.1. The van der Waals surface area contributed by atoms with Crippen molar-refractivity contribution in [1.82, 2.24) is 10.3 Å². The number of anilines is 1. The summed E-state index contributed by atoms with van der Waals surface area (Å²) < 4.78 is 0. The Morgan fingerprint density at radius 2 is 2.14 bits per heavy atom. The maximum Gasteiger partial charge on any atom is 0.185 e. The first-order valence-corrected chi connectivity index (χ1v) is 9.44. The molecular weight excluding hydrogens is 278 g/mol. The van der Waals surface area contributed by atoms with E-state index in [1.54, 1.807) is 0 Å². The van der Waals surface area contributed by atoms with Gasteiger partial charge >= 0.3 is 0 Å². The molecule has 0 amide bonds. The number of thiazole rings is 1. The third-order valence-corrected chi connectivity index (χ3v) is 5.26. The molecule has 1 fully saturated rings. The molecule has 1 saturated carbocycles. The van der Waals surface area contributed by atoms with Crippen LogP contribution in [0, 0.1) is 5.92 Å². The molecule has 0 unspecified atom stereocenters. The molecule has 0 saturated heterocycles. The maximum atomic E-state index is 4.72. The lowest BCUT2D eigenvalue weighted by atomic mass is 10.1. The number of nitrogens with one attached hydrogen (secondary N) is 1. The molecule has 1 aromatic rings. The van der Waals surface area contributed by atoms with Crippen LogP contribution in [0.3, 0.4) is 0 Å². The number of aromatic nitrogens is 1. The minimum atomic E-state index is 0.728. The van der Waals surface area contributed by atoms with Gasteiger partial charge in [-0.25, -0.2) is 4.98 Å². The summed E-state index contributed by atoms with van der Waals surface area (Å²) in [5.41, 5.74) is 0. The van der Waals surface area contributed by atoms with Crippen molar-refractivity contribution in [2.45, 2.75) is 71.9 Å². The molecule has 21 heavy (non-hydrogen) atoms. The molecule has 4 heteroatoms. The van der Waals surface area contributed by atoms with Gasteiger partial charge in [-0.2, -0.15) is 0 Å². The molecule has 0 aromatic carbocycles. The molecule has 0 bridgehead atoms. The molecule has 1 aliphatic carbocycles. The molecule has 1 N–H and O–H groups in total. The van der Waals surface area contributed by atoms with Crippen LogP contribution in [0.4, 0.5) is 5.13 Å². The molecule has 1 aromatic heterocycles. The predicted molar refractivity (Wildman–Crippen MR) is 93.2 cm³/mol. The Labute approximate surface area is 134 Å². The lowest BCUT2D eigenvalue weighted by molar-refractivity contribution is 0.528. The van der Waals surface area contributed by atoms with Gasteiger partial charge in [0.1, 0.15) is 0 Å². The molecule has 120 valence electrons. The second-order valence-electron chi connectivity index (χ2n) is 6.60. The van der Waals surface area contributed by atoms with E-state index in [0.717, 1.165) is 31.6 Å². The number of hydrogen-bond acceptors (Lipinski definition) is 4. The molecule has 0 spiro atoms. The highest BCUT2D eigenvalue weighted by molar-refractivity contribution is 7.15. The number of rotatable bonds is 9. The van der Waals surface area contributed by atoms with Gasteiger partial charge in [0.25, 0.3) is 0 Å². The lowest BCUT2D eigenvalue weighted by Crippen LogP contribution is -2.34. The monoisotopic (exact) mass is 309 g/mol. The minimum absolute atomic E-state index is 0.728. The highest BCUT2D eigenvalue weighted by atomic mass is 32.1. The van der Waals surface area contributed by atoms with Gasteiger partial charge in [0.2, 0.25) is 0 Å². The van der Waals surface area contributed by atoms with E-state index in [0.29, 0.717) is 0 Å². The Morgan fingerprint density at radius 1 is 1.38 bits per heavy atom. The molecule has 0 radical (unpaired) electrons. The highest BCUT2D eigenvalue weighted by Crippen LogP contribution is 2.31. The summed E-state index contributed by atoms with van der Waals surface area (Å²) in [6.07, 6.45) is 9.99. The molecule has 1 aliphatic rings. The Bertz CT molecular complexity index is 396. The maximum absolute atomic E-state index is 4.72. The van der Waals surface area contributed by atoms with Crippen LogP contribution in [-0.2, 0) is 6.54 Å². The largest absolute Gasteiger partial charge is 0.345 e. The van der Waals surface area contributed by atoms with Gasteiger partial charge in [0.05, 0.1) is 0 Å². The molecule has 1 heterocycles. The Hall–Kier alpha value is -0.610. The van der Waals surface area contributed by atoms with Crippen molar-refractivity contribution in [1.29, 1.82) is 0 Å². The van der Waals surface area contributed by atoms with Gasteiger partial charge < -0.3 is 10.2 Å². The van der Waals surface area contributed by atoms with E-state index < -0.39 is 0 Å². The van der Waals surface area contributed by atoms with E-state index in [1.807, 2.05) is 11.3 Å². The van der Waals surface area contributed by atoms with Crippen LogP contribution in [0.5, 0.6) is 0 Å². The van der Waals surface area contributed by atoms with Gasteiger partial charge in [-0.05, 0) is 38.1 Å². The first-order chi connectivity index (χ1) is 10.2. The minimum Gasteiger partial charge on any atom is -0.345 e. The van der Waals surface area contributed by atoms with Crippen molar-refractivity contribution in [3.05, 3.63) is 11.1 Å². The summed E-state index contributed by atoms with van der Waals surface area (Å²) in [5, 5.41) is 4.72. The standard InChI is InChI=1S/C17H31N3S/c1-4-10-18-12-16-13-19-17(21-16)20(11-9-14(2)3)15-7-5-6-8-15/h13-15,18H,4-12H2,1-3H3. The van der Waals surface area contributed by atoms with Crippen LogP contribution in [0.25, 0.3) is 0 Å². The molecular formula is C17H31N3S. The topological polar surface area (TPSA) is 28.2 Å². The number of hydrogen-bond donors (Lipinski definition) is 1. The second-order valence-corrected chi connectivity index (χ2v) is 7.69. The smallest absolute Gasteiger partial charge is 0.185 e. The van der Waals surface area contributed by atoms with Crippen LogP contribution >= 0.6 is 11.3 Å². The van der Waals surface area contributed by atoms with Gasteiger partial charge in [0, 0.05) is 30.2 Å². The molecule has 2 rings (SSSR count). The van der Waals surface area contributed by atoms with Gasteiger partial charge in [-0.1, -0.05) is 33.6 Å². The van der Waals surface area contributed by atoms with E-state index in [2.05, 4.69) is 37.2 Å². The van der Waals surface area contributed by atoms with Crippen LogP contribution in [0.15, 0.2) is 6.20 Å². The summed E-state index contributed by atoms with van der Waals surface area (Å²) in [5.74, 6) is 0.763. The summed E-state index contributed by atoms with van der Waals surface area (Å²) in [4.78, 5) is 8.69. The summed E-state index contributed by atoms with van der Waals surface area (Å²) in [7, 11) is 0.